The van der Waals surface area contributed by atoms with Gasteiger partial charge in [-0.3, -0.25) is 4.79 Å². The van der Waals surface area contributed by atoms with Gasteiger partial charge in [0.2, 0.25) is 0 Å². The molecule has 1 fully saturated rings. The molecule has 1 aliphatic rings. The fourth-order valence-corrected chi connectivity index (χ4v) is 1.64. The first-order chi connectivity index (χ1) is 9.28. The third kappa shape index (κ3) is 5.02. The van der Waals surface area contributed by atoms with Crippen LogP contribution in [-0.4, -0.2) is 25.1 Å². The van der Waals surface area contributed by atoms with Crippen molar-refractivity contribution in [1.82, 2.24) is 10.6 Å². The van der Waals surface area contributed by atoms with E-state index in [1.54, 1.807) is 0 Å². The zero-order valence-corrected chi connectivity index (χ0v) is 10.8. The van der Waals surface area contributed by atoms with Crippen molar-refractivity contribution in [3.05, 3.63) is 29.8 Å². The van der Waals surface area contributed by atoms with Crippen molar-refractivity contribution in [3.8, 4) is 18.1 Å². The second-order valence-electron chi connectivity index (χ2n) is 4.57. The van der Waals surface area contributed by atoms with E-state index >= 15 is 0 Å². The molecule has 1 saturated carbocycles. The van der Waals surface area contributed by atoms with E-state index in [4.69, 9.17) is 11.2 Å². The zero-order chi connectivity index (χ0) is 13.5. The maximum atomic E-state index is 11.3. The zero-order valence-electron chi connectivity index (χ0n) is 10.8. The maximum absolute atomic E-state index is 11.3. The third-order valence-corrected chi connectivity index (χ3v) is 2.83. The molecule has 0 spiro atoms. The molecule has 0 unspecified atom stereocenters. The molecule has 4 nitrogen and oxygen atoms in total. The predicted octanol–water partition coefficient (Wildman–Crippen LogP) is 1.07. The number of terminal acetylenes is 1. The van der Waals surface area contributed by atoms with Crippen molar-refractivity contribution < 1.29 is 9.53 Å². The number of rotatable bonds is 7. The van der Waals surface area contributed by atoms with Crippen LogP contribution in [0.25, 0.3) is 0 Å². The fourth-order valence-electron chi connectivity index (χ4n) is 1.64. The number of carbonyl (C=O) groups is 1. The second kappa shape index (κ2) is 6.81. The summed E-state index contributed by atoms with van der Waals surface area (Å²) in [6, 6.07) is 8.44. The molecule has 1 aliphatic carbocycles. The minimum atomic E-state index is -0.209. The lowest BCUT2D eigenvalue weighted by atomic mass is 10.2. The van der Waals surface area contributed by atoms with Crippen LogP contribution in [0.15, 0.2) is 24.3 Å². The van der Waals surface area contributed by atoms with Gasteiger partial charge in [0.05, 0.1) is 6.54 Å². The standard InChI is InChI=1S/C15H18N2O2/c1-2-8-16-15(18)11-19-14-5-3-4-12(9-14)10-17-13-6-7-13/h1,3-5,9,13,17H,6-8,10-11H2,(H,16,18). The molecule has 2 N–H and O–H groups in total. The minimum Gasteiger partial charge on any atom is -0.484 e. The first kappa shape index (κ1) is 13.4. The van der Waals surface area contributed by atoms with E-state index < -0.39 is 0 Å². The molecular weight excluding hydrogens is 240 g/mol. The quantitative estimate of drug-likeness (QED) is 0.719. The summed E-state index contributed by atoms with van der Waals surface area (Å²) in [6.45, 7) is 1.06. The summed E-state index contributed by atoms with van der Waals surface area (Å²) in [5, 5.41) is 5.99. The third-order valence-electron chi connectivity index (χ3n) is 2.83. The summed E-state index contributed by atoms with van der Waals surface area (Å²) in [4.78, 5) is 11.3. The molecule has 4 heteroatoms. The number of amides is 1. The molecule has 0 radical (unpaired) electrons. The van der Waals surface area contributed by atoms with Gasteiger partial charge in [-0.25, -0.2) is 0 Å². The van der Waals surface area contributed by atoms with Crippen LogP contribution in [0.4, 0.5) is 0 Å². The molecule has 1 aromatic carbocycles. The monoisotopic (exact) mass is 258 g/mol. The van der Waals surface area contributed by atoms with Crippen molar-refractivity contribution >= 4 is 5.91 Å². The molecule has 2 rings (SSSR count). The summed E-state index contributed by atoms with van der Waals surface area (Å²) in [5.74, 6) is 2.83. The van der Waals surface area contributed by atoms with Crippen LogP contribution in [0.2, 0.25) is 0 Å². The number of ether oxygens (including phenoxy) is 1. The van der Waals surface area contributed by atoms with Gasteiger partial charge in [0.25, 0.3) is 5.91 Å². The lowest BCUT2D eigenvalue weighted by Gasteiger charge is -2.08. The topological polar surface area (TPSA) is 50.4 Å². The normalized spacial score (nSPS) is 13.6. The molecule has 0 aliphatic heterocycles. The Labute approximate surface area is 113 Å². The van der Waals surface area contributed by atoms with E-state index in [1.807, 2.05) is 24.3 Å². The van der Waals surface area contributed by atoms with Gasteiger partial charge in [-0.05, 0) is 30.5 Å². The Kier molecular flexibility index (Phi) is 4.82. The average molecular weight is 258 g/mol. The van der Waals surface area contributed by atoms with Gasteiger partial charge in [-0.15, -0.1) is 6.42 Å². The van der Waals surface area contributed by atoms with E-state index in [2.05, 4.69) is 16.6 Å². The van der Waals surface area contributed by atoms with Crippen molar-refractivity contribution in [3.63, 3.8) is 0 Å². The van der Waals surface area contributed by atoms with Gasteiger partial charge in [0.1, 0.15) is 5.75 Å². The minimum absolute atomic E-state index is 0.0127. The van der Waals surface area contributed by atoms with Crippen molar-refractivity contribution in [2.75, 3.05) is 13.2 Å². The van der Waals surface area contributed by atoms with Gasteiger partial charge in [-0.2, -0.15) is 0 Å². The maximum Gasteiger partial charge on any atom is 0.258 e. The summed E-state index contributed by atoms with van der Waals surface area (Å²) < 4.78 is 5.42. The molecule has 1 aromatic rings. The average Bonchev–Trinajstić information content (AvgIpc) is 3.25. The van der Waals surface area contributed by atoms with Crippen molar-refractivity contribution in [2.24, 2.45) is 0 Å². The highest BCUT2D eigenvalue weighted by Gasteiger charge is 2.19. The van der Waals surface area contributed by atoms with Gasteiger partial charge >= 0.3 is 0 Å². The van der Waals surface area contributed by atoms with Gasteiger partial charge in [0.15, 0.2) is 6.61 Å². The summed E-state index contributed by atoms with van der Waals surface area (Å²) >= 11 is 0. The molecule has 0 saturated heterocycles. The Morgan fingerprint density at radius 3 is 3.05 bits per heavy atom. The first-order valence-electron chi connectivity index (χ1n) is 6.43. The van der Waals surface area contributed by atoms with Crippen molar-refractivity contribution in [1.29, 1.82) is 0 Å². The molecule has 0 heterocycles. The molecule has 1 amide bonds. The van der Waals surface area contributed by atoms with Gasteiger partial charge in [0, 0.05) is 12.6 Å². The van der Waals surface area contributed by atoms with Gasteiger partial charge in [-0.1, -0.05) is 18.1 Å². The Hall–Kier alpha value is -1.99. The predicted molar refractivity (Wildman–Crippen MR) is 73.6 cm³/mol. The first-order valence-corrected chi connectivity index (χ1v) is 6.43. The summed E-state index contributed by atoms with van der Waals surface area (Å²) in [5.41, 5.74) is 1.16. The SMILES string of the molecule is C#CCNC(=O)COc1cccc(CNC2CC2)c1. The Bertz CT molecular complexity index is 475. The van der Waals surface area contributed by atoms with E-state index in [0.717, 1.165) is 12.1 Å². The molecular formula is C15H18N2O2. The lowest BCUT2D eigenvalue weighted by Crippen LogP contribution is -2.29. The highest BCUT2D eigenvalue weighted by Crippen LogP contribution is 2.20. The summed E-state index contributed by atoms with van der Waals surface area (Å²) in [7, 11) is 0. The number of hydrogen-bond acceptors (Lipinski definition) is 3. The Balaban J connectivity index is 1.77. The molecule has 19 heavy (non-hydrogen) atoms. The largest absolute Gasteiger partial charge is 0.484 e. The van der Waals surface area contributed by atoms with Crippen LogP contribution >= 0.6 is 0 Å². The molecule has 100 valence electrons. The molecule has 0 atom stereocenters. The number of hydrogen-bond donors (Lipinski definition) is 2. The fraction of sp³-hybridized carbons (Fsp3) is 0.400. The smallest absolute Gasteiger partial charge is 0.258 e. The van der Waals surface area contributed by atoms with Crippen LogP contribution in [-0.2, 0) is 11.3 Å². The lowest BCUT2D eigenvalue weighted by molar-refractivity contribution is -0.122. The Morgan fingerprint density at radius 2 is 2.32 bits per heavy atom. The summed E-state index contributed by atoms with van der Waals surface area (Å²) in [6.07, 6.45) is 7.59. The Morgan fingerprint density at radius 1 is 1.47 bits per heavy atom. The highest BCUT2D eigenvalue weighted by atomic mass is 16.5. The van der Waals surface area contributed by atoms with E-state index in [-0.39, 0.29) is 19.1 Å². The highest BCUT2D eigenvalue weighted by molar-refractivity contribution is 5.77. The van der Waals surface area contributed by atoms with Gasteiger partial charge < -0.3 is 15.4 Å². The molecule has 0 aromatic heterocycles. The van der Waals surface area contributed by atoms with Crippen LogP contribution in [0, 0.1) is 12.3 Å². The van der Waals surface area contributed by atoms with Crippen molar-refractivity contribution in [2.45, 2.75) is 25.4 Å². The van der Waals surface area contributed by atoms with Crippen LogP contribution in [0.3, 0.4) is 0 Å². The molecule has 0 bridgehead atoms. The van der Waals surface area contributed by atoms with Crippen LogP contribution in [0.5, 0.6) is 5.75 Å². The number of benzene rings is 1. The number of carbonyl (C=O) groups excluding carboxylic acids is 1. The number of nitrogens with one attached hydrogen (secondary N) is 2. The van der Waals surface area contributed by atoms with E-state index in [9.17, 15) is 4.79 Å². The second-order valence-corrected chi connectivity index (χ2v) is 4.57. The van der Waals surface area contributed by atoms with E-state index in [1.165, 1.54) is 12.8 Å². The van der Waals surface area contributed by atoms with E-state index in [0.29, 0.717) is 11.8 Å². The van der Waals surface area contributed by atoms with Crippen LogP contribution in [0.1, 0.15) is 18.4 Å². The van der Waals surface area contributed by atoms with Crippen LogP contribution < -0.4 is 15.4 Å².